The van der Waals surface area contributed by atoms with Gasteiger partial charge in [-0.3, -0.25) is 9.78 Å². The Bertz CT molecular complexity index is 939. The Morgan fingerprint density at radius 1 is 1.16 bits per heavy atom. The maximum absolute atomic E-state index is 12.5. The number of benzene rings is 1. The standard InChI is InChI=1S/C17H17N5O2S/c1-9-4-5-12(23)11(3)15(9)22-16(24)13-7-19-17(25-13)21-14-8-18-6-10(2)20-14/h4-8,23H,1-3H3,(H,22,24)(H,19,20,21). The number of rotatable bonds is 4. The minimum Gasteiger partial charge on any atom is -0.508 e. The molecule has 2 heterocycles. The van der Waals surface area contributed by atoms with Crippen molar-refractivity contribution in [3.05, 3.63) is 52.4 Å². The summed E-state index contributed by atoms with van der Waals surface area (Å²) in [5.74, 6) is 0.434. The second-order valence-corrected chi connectivity index (χ2v) is 6.59. The molecular formula is C17H17N5O2S. The van der Waals surface area contributed by atoms with Crippen LogP contribution in [-0.2, 0) is 0 Å². The second kappa shape index (κ2) is 6.86. The lowest BCUT2D eigenvalue weighted by Gasteiger charge is -2.11. The van der Waals surface area contributed by atoms with Crippen LogP contribution in [0.25, 0.3) is 0 Å². The molecule has 0 unspecified atom stereocenters. The number of phenolic OH excluding ortho intramolecular Hbond substituents is 1. The monoisotopic (exact) mass is 355 g/mol. The Labute approximate surface area is 148 Å². The van der Waals surface area contributed by atoms with E-state index in [0.29, 0.717) is 27.1 Å². The van der Waals surface area contributed by atoms with Crippen LogP contribution in [0.15, 0.2) is 30.7 Å². The average Bonchev–Trinajstić information content (AvgIpc) is 3.03. The molecule has 0 aliphatic carbocycles. The fourth-order valence-corrected chi connectivity index (χ4v) is 2.99. The molecule has 128 valence electrons. The molecule has 1 amide bonds. The third-order valence-electron chi connectivity index (χ3n) is 3.60. The Morgan fingerprint density at radius 3 is 2.72 bits per heavy atom. The van der Waals surface area contributed by atoms with E-state index in [1.165, 1.54) is 17.5 Å². The van der Waals surface area contributed by atoms with E-state index < -0.39 is 0 Å². The highest BCUT2D eigenvalue weighted by Gasteiger charge is 2.15. The lowest BCUT2D eigenvalue weighted by atomic mass is 10.1. The summed E-state index contributed by atoms with van der Waals surface area (Å²) in [4.78, 5) is 25.5. The molecule has 3 rings (SSSR count). The van der Waals surface area contributed by atoms with Crippen molar-refractivity contribution >= 4 is 33.9 Å². The maximum Gasteiger partial charge on any atom is 0.267 e. The van der Waals surface area contributed by atoms with E-state index >= 15 is 0 Å². The van der Waals surface area contributed by atoms with Crippen LogP contribution in [0.2, 0.25) is 0 Å². The summed E-state index contributed by atoms with van der Waals surface area (Å²) in [6.45, 7) is 5.48. The highest BCUT2D eigenvalue weighted by Crippen LogP contribution is 2.29. The SMILES string of the molecule is Cc1cncc(Nc2ncc(C(=O)Nc3c(C)ccc(O)c3C)s2)n1. The van der Waals surface area contributed by atoms with Crippen LogP contribution in [0, 0.1) is 20.8 Å². The van der Waals surface area contributed by atoms with Gasteiger partial charge in [-0.05, 0) is 32.4 Å². The van der Waals surface area contributed by atoms with E-state index in [4.69, 9.17) is 0 Å². The Morgan fingerprint density at radius 2 is 1.96 bits per heavy atom. The molecule has 3 aromatic rings. The number of anilines is 3. The predicted molar refractivity (Wildman–Crippen MR) is 97.7 cm³/mol. The first-order chi connectivity index (χ1) is 11.9. The van der Waals surface area contributed by atoms with Crippen LogP contribution >= 0.6 is 11.3 Å². The van der Waals surface area contributed by atoms with Gasteiger partial charge < -0.3 is 15.7 Å². The number of nitrogens with zero attached hydrogens (tertiary/aromatic N) is 3. The summed E-state index contributed by atoms with van der Waals surface area (Å²) in [5.41, 5.74) is 2.90. The molecule has 1 aromatic carbocycles. The highest BCUT2D eigenvalue weighted by molar-refractivity contribution is 7.17. The molecule has 0 aliphatic rings. The molecule has 7 nitrogen and oxygen atoms in total. The summed E-state index contributed by atoms with van der Waals surface area (Å²) in [7, 11) is 0. The van der Waals surface area contributed by atoms with Gasteiger partial charge in [0, 0.05) is 11.8 Å². The number of phenols is 1. The molecule has 8 heteroatoms. The van der Waals surface area contributed by atoms with Crippen molar-refractivity contribution < 1.29 is 9.90 Å². The average molecular weight is 355 g/mol. The molecule has 0 saturated heterocycles. The molecule has 0 fully saturated rings. The first kappa shape index (κ1) is 16.8. The Kier molecular flexibility index (Phi) is 4.62. The van der Waals surface area contributed by atoms with Gasteiger partial charge in [0.2, 0.25) is 0 Å². The van der Waals surface area contributed by atoms with Crippen molar-refractivity contribution in [2.75, 3.05) is 10.6 Å². The van der Waals surface area contributed by atoms with Gasteiger partial charge in [-0.2, -0.15) is 0 Å². The van der Waals surface area contributed by atoms with Crippen molar-refractivity contribution in [1.82, 2.24) is 15.0 Å². The lowest BCUT2D eigenvalue weighted by Crippen LogP contribution is -2.12. The molecule has 0 saturated carbocycles. The molecule has 0 bridgehead atoms. The molecule has 0 aliphatic heterocycles. The summed E-state index contributed by atoms with van der Waals surface area (Å²) in [5, 5.41) is 16.2. The van der Waals surface area contributed by atoms with E-state index in [0.717, 1.165) is 11.3 Å². The minimum atomic E-state index is -0.280. The van der Waals surface area contributed by atoms with Crippen molar-refractivity contribution in [3.8, 4) is 5.75 Å². The van der Waals surface area contributed by atoms with E-state index in [9.17, 15) is 9.90 Å². The first-order valence-corrected chi connectivity index (χ1v) is 8.37. The van der Waals surface area contributed by atoms with Gasteiger partial charge in [0.25, 0.3) is 5.91 Å². The number of nitrogens with one attached hydrogen (secondary N) is 2. The van der Waals surface area contributed by atoms with E-state index in [1.54, 1.807) is 31.5 Å². The van der Waals surface area contributed by atoms with E-state index in [2.05, 4.69) is 25.6 Å². The van der Waals surface area contributed by atoms with Crippen molar-refractivity contribution in [3.63, 3.8) is 0 Å². The molecule has 25 heavy (non-hydrogen) atoms. The fourth-order valence-electron chi connectivity index (χ4n) is 2.27. The topological polar surface area (TPSA) is 100 Å². The number of aryl methyl sites for hydroxylation is 2. The van der Waals surface area contributed by atoms with Crippen LogP contribution in [0.1, 0.15) is 26.5 Å². The zero-order valence-corrected chi connectivity index (χ0v) is 14.8. The van der Waals surface area contributed by atoms with Crippen LogP contribution in [0.4, 0.5) is 16.6 Å². The largest absolute Gasteiger partial charge is 0.508 e. The van der Waals surface area contributed by atoms with Crippen molar-refractivity contribution in [2.45, 2.75) is 20.8 Å². The van der Waals surface area contributed by atoms with Crippen molar-refractivity contribution in [2.24, 2.45) is 0 Å². The number of amides is 1. The Balaban J connectivity index is 1.76. The summed E-state index contributed by atoms with van der Waals surface area (Å²) < 4.78 is 0. The summed E-state index contributed by atoms with van der Waals surface area (Å²) >= 11 is 1.21. The smallest absolute Gasteiger partial charge is 0.267 e. The summed E-state index contributed by atoms with van der Waals surface area (Å²) in [6.07, 6.45) is 4.75. The number of hydrogen-bond donors (Lipinski definition) is 3. The minimum absolute atomic E-state index is 0.144. The predicted octanol–water partition coefficient (Wildman–Crippen LogP) is 3.56. The third-order valence-corrected chi connectivity index (χ3v) is 4.51. The second-order valence-electron chi connectivity index (χ2n) is 5.56. The number of aromatic hydroxyl groups is 1. The Hall–Kier alpha value is -3.00. The number of aromatic nitrogens is 3. The number of carbonyl (C=O) groups is 1. The molecular weight excluding hydrogens is 338 g/mol. The van der Waals surface area contributed by atoms with Gasteiger partial charge in [-0.1, -0.05) is 17.4 Å². The van der Waals surface area contributed by atoms with Crippen LogP contribution in [-0.4, -0.2) is 26.0 Å². The zero-order chi connectivity index (χ0) is 18.0. The van der Waals surface area contributed by atoms with Gasteiger partial charge >= 0.3 is 0 Å². The van der Waals surface area contributed by atoms with Crippen molar-refractivity contribution in [1.29, 1.82) is 0 Å². The number of carbonyl (C=O) groups excluding carboxylic acids is 1. The normalized spacial score (nSPS) is 10.5. The molecule has 3 N–H and O–H groups in total. The quantitative estimate of drug-likeness (QED) is 0.662. The van der Waals surface area contributed by atoms with Gasteiger partial charge in [0.15, 0.2) is 10.9 Å². The van der Waals surface area contributed by atoms with Gasteiger partial charge in [0.05, 0.1) is 23.8 Å². The lowest BCUT2D eigenvalue weighted by molar-refractivity contribution is 0.103. The van der Waals surface area contributed by atoms with Crippen LogP contribution < -0.4 is 10.6 Å². The zero-order valence-electron chi connectivity index (χ0n) is 14.0. The number of thiazole rings is 1. The molecule has 0 radical (unpaired) electrons. The van der Waals surface area contributed by atoms with E-state index in [-0.39, 0.29) is 11.7 Å². The molecule has 0 spiro atoms. The summed E-state index contributed by atoms with van der Waals surface area (Å²) in [6, 6.07) is 3.37. The van der Waals surface area contributed by atoms with Gasteiger partial charge in [-0.25, -0.2) is 9.97 Å². The van der Waals surface area contributed by atoms with Gasteiger partial charge in [0.1, 0.15) is 10.6 Å². The molecule has 0 atom stereocenters. The first-order valence-electron chi connectivity index (χ1n) is 7.56. The third kappa shape index (κ3) is 3.74. The van der Waals surface area contributed by atoms with Crippen LogP contribution in [0.5, 0.6) is 5.75 Å². The number of hydrogen-bond acceptors (Lipinski definition) is 7. The fraction of sp³-hybridized carbons (Fsp3) is 0.176. The highest BCUT2D eigenvalue weighted by atomic mass is 32.1. The van der Waals surface area contributed by atoms with Gasteiger partial charge in [-0.15, -0.1) is 0 Å². The maximum atomic E-state index is 12.5. The molecule has 2 aromatic heterocycles. The van der Waals surface area contributed by atoms with E-state index in [1.807, 2.05) is 13.8 Å². The van der Waals surface area contributed by atoms with Crippen LogP contribution in [0.3, 0.4) is 0 Å².